The van der Waals surface area contributed by atoms with Gasteiger partial charge in [0.1, 0.15) is 0 Å². The van der Waals surface area contributed by atoms with Gasteiger partial charge >= 0.3 is 12.2 Å². The Morgan fingerprint density at radius 3 is 2.58 bits per heavy atom. The van der Waals surface area contributed by atoms with Crippen molar-refractivity contribution in [1.29, 1.82) is 0 Å². The maximum atomic E-state index is 12.1. The third kappa shape index (κ3) is 4.74. The normalized spacial score (nSPS) is 20.0. The fourth-order valence-electron chi connectivity index (χ4n) is 2.21. The van der Waals surface area contributed by atoms with E-state index < -0.39 is 18.8 Å². The quantitative estimate of drug-likeness (QED) is 0.849. The number of primary amides is 1. The molecule has 3 amide bonds. The molecule has 132 valence electrons. The van der Waals surface area contributed by atoms with Crippen LogP contribution in [0, 0.1) is 5.92 Å². The molecule has 1 fully saturated rings. The van der Waals surface area contributed by atoms with Crippen LogP contribution < -0.4 is 15.8 Å². The van der Waals surface area contributed by atoms with Crippen LogP contribution in [0.3, 0.4) is 0 Å². The topological polar surface area (TPSA) is 97.6 Å². The van der Waals surface area contributed by atoms with Crippen LogP contribution >= 0.6 is 0 Å². The van der Waals surface area contributed by atoms with Crippen molar-refractivity contribution in [3.8, 4) is 5.88 Å². The molecular formula is C14H17F3N4O3. The zero-order valence-electron chi connectivity index (χ0n) is 12.8. The summed E-state index contributed by atoms with van der Waals surface area (Å²) in [6.07, 6.45) is -2.21. The van der Waals surface area contributed by atoms with Crippen molar-refractivity contribution in [2.45, 2.75) is 25.1 Å². The first kappa shape index (κ1) is 17.8. The highest BCUT2D eigenvalue weighted by molar-refractivity contribution is 5.89. The molecule has 0 spiro atoms. The highest BCUT2D eigenvalue weighted by Crippen LogP contribution is 2.31. The second-order valence-corrected chi connectivity index (χ2v) is 5.55. The summed E-state index contributed by atoms with van der Waals surface area (Å²) in [7, 11) is 1.59. The third-order valence-corrected chi connectivity index (χ3v) is 3.75. The van der Waals surface area contributed by atoms with Gasteiger partial charge in [0.05, 0.1) is 11.9 Å². The summed E-state index contributed by atoms with van der Waals surface area (Å²) >= 11 is 0. The number of halogens is 3. The Hall–Kier alpha value is -2.52. The standard InChI is InChI=1S/C14H17F3N4O3/c1-21(10-4-8(5-10)12(18)22)13(23)20-9-2-3-11(19-6-9)24-7-14(15,16)17/h2-3,6,8,10H,4-5,7H2,1H3,(H2,18,22)(H,20,23). The second-order valence-electron chi connectivity index (χ2n) is 5.55. The van der Waals surface area contributed by atoms with E-state index in [1.54, 1.807) is 7.05 Å². The number of hydrogen-bond donors (Lipinski definition) is 2. The van der Waals surface area contributed by atoms with Gasteiger partial charge in [-0.1, -0.05) is 0 Å². The largest absolute Gasteiger partial charge is 0.468 e. The summed E-state index contributed by atoms with van der Waals surface area (Å²) in [5.74, 6) is -0.780. The van der Waals surface area contributed by atoms with E-state index in [-0.39, 0.29) is 23.7 Å². The van der Waals surface area contributed by atoms with E-state index in [2.05, 4.69) is 15.0 Å². The van der Waals surface area contributed by atoms with Gasteiger partial charge in [-0.2, -0.15) is 13.2 Å². The van der Waals surface area contributed by atoms with Crippen LogP contribution in [0.5, 0.6) is 5.88 Å². The molecule has 3 N–H and O–H groups in total. The lowest BCUT2D eigenvalue weighted by atomic mass is 9.79. The van der Waals surface area contributed by atoms with Crippen LogP contribution in [0.15, 0.2) is 18.3 Å². The molecule has 0 aliphatic heterocycles. The number of urea groups is 1. The van der Waals surface area contributed by atoms with E-state index in [0.717, 1.165) is 0 Å². The summed E-state index contributed by atoms with van der Waals surface area (Å²) in [4.78, 5) is 28.2. The van der Waals surface area contributed by atoms with Gasteiger partial charge < -0.3 is 20.7 Å². The molecule has 0 aromatic carbocycles. The number of nitrogens with one attached hydrogen (secondary N) is 1. The maximum Gasteiger partial charge on any atom is 0.422 e. The number of amides is 3. The lowest BCUT2D eigenvalue weighted by Crippen LogP contribution is -2.50. The fourth-order valence-corrected chi connectivity index (χ4v) is 2.21. The van der Waals surface area contributed by atoms with Gasteiger partial charge in [-0.05, 0) is 18.9 Å². The molecule has 0 saturated heterocycles. The van der Waals surface area contributed by atoms with Crippen molar-refractivity contribution < 1.29 is 27.5 Å². The highest BCUT2D eigenvalue weighted by Gasteiger charge is 2.37. The molecule has 7 nitrogen and oxygen atoms in total. The number of nitrogens with two attached hydrogens (primary N) is 1. The van der Waals surface area contributed by atoms with E-state index in [9.17, 15) is 22.8 Å². The predicted octanol–water partition coefficient (Wildman–Crippen LogP) is 1.75. The Balaban J connectivity index is 1.82. The molecule has 0 unspecified atom stereocenters. The van der Waals surface area contributed by atoms with Crippen molar-refractivity contribution in [2.75, 3.05) is 19.0 Å². The van der Waals surface area contributed by atoms with Crippen molar-refractivity contribution >= 4 is 17.6 Å². The summed E-state index contributed by atoms with van der Waals surface area (Å²) in [5.41, 5.74) is 5.49. The number of alkyl halides is 3. The lowest BCUT2D eigenvalue weighted by molar-refractivity contribution is -0.154. The van der Waals surface area contributed by atoms with Gasteiger partial charge in [-0.25, -0.2) is 9.78 Å². The maximum absolute atomic E-state index is 12.1. The Kier molecular flexibility index (Phi) is 5.15. The second kappa shape index (κ2) is 6.93. The summed E-state index contributed by atoms with van der Waals surface area (Å²) in [6, 6.07) is 2.13. The lowest BCUT2D eigenvalue weighted by Gasteiger charge is -2.39. The third-order valence-electron chi connectivity index (χ3n) is 3.75. The van der Waals surface area contributed by atoms with Crippen LogP contribution in [0.2, 0.25) is 0 Å². The Labute approximate surface area is 136 Å². The van der Waals surface area contributed by atoms with Crippen LogP contribution in [0.25, 0.3) is 0 Å². The molecule has 0 atom stereocenters. The number of carbonyl (C=O) groups is 2. The Bertz CT molecular complexity index is 600. The first-order valence-corrected chi connectivity index (χ1v) is 7.14. The minimum Gasteiger partial charge on any atom is -0.468 e. The number of nitrogens with zero attached hydrogens (tertiary/aromatic N) is 2. The number of hydrogen-bond acceptors (Lipinski definition) is 4. The van der Waals surface area contributed by atoms with Gasteiger partial charge in [-0.3, -0.25) is 4.79 Å². The number of carbonyl (C=O) groups excluding carboxylic acids is 2. The summed E-state index contributed by atoms with van der Waals surface area (Å²) < 4.78 is 40.6. The average molecular weight is 346 g/mol. The first-order valence-electron chi connectivity index (χ1n) is 7.14. The minimum absolute atomic E-state index is 0.0788. The van der Waals surface area contributed by atoms with Gasteiger partial charge in [0.15, 0.2) is 6.61 Å². The fraction of sp³-hybridized carbons (Fsp3) is 0.500. The molecule has 1 saturated carbocycles. The van der Waals surface area contributed by atoms with E-state index >= 15 is 0 Å². The van der Waals surface area contributed by atoms with Crippen molar-refractivity contribution in [3.63, 3.8) is 0 Å². The van der Waals surface area contributed by atoms with Gasteiger partial charge in [0, 0.05) is 25.1 Å². The van der Waals surface area contributed by atoms with Crippen molar-refractivity contribution in [2.24, 2.45) is 11.7 Å². The molecule has 24 heavy (non-hydrogen) atoms. The number of ether oxygens (including phenoxy) is 1. The van der Waals surface area contributed by atoms with E-state index in [1.165, 1.54) is 23.2 Å². The molecule has 1 aromatic heterocycles. The van der Waals surface area contributed by atoms with Crippen LogP contribution in [0.1, 0.15) is 12.8 Å². The van der Waals surface area contributed by atoms with Gasteiger partial charge in [-0.15, -0.1) is 0 Å². The number of rotatable bonds is 5. The average Bonchev–Trinajstić information content (AvgIpc) is 2.43. The number of anilines is 1. The molecular weight excluding hydrogens is 329 g/mol. The SMILES string of the molecule is CN(C(=O)Nc1ccc(OCC(F)(F)F)nc1)C1CC(C(N)=O)C1. The first-order chi connectivity index (χ1) is 11.2. The predicted molar refractivity (Wildman–Crippen MR) is 78.3 cm³/mol. The van der Waals surface area contributed by atoms with Gasteiger partial charge in [0.25, 0.3) is 0 Å². The summed E-state index contributed by atoms with van der Waals surface area (Å²) in [6.45, 7) is -1.43. The smallest absolute Gasteiger partial charge is 0.422 e. The Morgan fingerprint density at radius 1 is 1.42 bits per heavy atom. The monoisotopic (exact) mass is 346 g/mol. The molecule has 0 radical (unpaired) electrons. The molecule has 1 aromatic rings. The highest BCUT2D eigenvalue weighted by atomic mass is 19.4. The Morgan fingerprint density at radius 2 is 2.08 bits per heavy atom. The molecule has 1 aliphatic rings. The molecule has 2 rings (SSSR count). The van der Waals surface area contributed by atoms with Crippen LogP contribution in [-0.2, 0) is 4.79 Å². The van der Waals surface area contributed by atoms with E-state index in [4.69, 9.17) is 5.73 Å². The molecule has 0 bridgehead atoms. The molecule has 1 aliphatic carbocycles. The number of aromatic nitrogens is 1. The zero-order valence-corrected chi connectivity index (χ0v) is 12.8. The molecule has 10 heteroatoms. The van der Waals surface area contributed by atoms with Crippen LogP contribution in [0.4, 0.5) is 23.7 Å². The minimum atomic E-state index is -4.44. The zero-order chi connectivity index (χ0) is 17.9. The van der Waals surface area contributed by atoms with Crippen LogP contribution in [-0.4, -0.2) is 47.7 Å². The van der Waals surface area contributed by atoms with Crippen molar-refractivity contribution in [1.82, 2.24) is 9.88 Å². The molecule has 1 heterocycles. The summed E-state index contributed by atoms with van der Waals surface area (Å²) in [5, 5.41) is 2.56. The van der Waals surface area contributed by atoms with E-state index in [1.807, 2.05) is 0 Å². The van der Waals surface area contributed by atoms with Gasteiger partial charge in [0.2, 0.25) is 11.8 Å². The van der Waals surface area contributed by atoms with Crippen molar-refractivity contribution in [3.05, 3.63) is 18.3 Å². The van der Waals surface area contributed by atoms with E-state index in [0.29, 0.717) is 18.5 Å². The number of pyridine rings is 1.